The highest BCUT2D eigenvalue weighted by Crippen LogP contribution is 2.42. The Morgan fingerprint density at radius 2 is 1.86 bits per heavy atom. The van der Waals surface area contributed by atoms with E-state index >= 15 is 0 Å². The topological polar surface area (TPSA) is 109 Å². The molecule has 2 fully saturated rings. The first-order chi connectivity index (χ1) is 17.8. The van der Waals surface area contributed by atoms with E-state index in [2.05, 4.69) is 4.90 Å². The fourth-order valence-corrected chi connectivity index (χ4v) is 4.69. The van der Waals surface area contributed by atoms with Crippen LogP contribution in [0.1, 0.15) is 30.5 Å². The largest absolute Gasteiger partial charge is 0.507 e. The third kappa shape index (κ3) is 5.55. The second kappa shape index (κ2) is 11.6. The molecule has 2 heterocycles. The molecule has 2 aromatic carbocycles. The molecular formula is C27H31FN2O7. The van der Waals surface area contributed by atoms with Gasteiger partial charge < -0.3 is 29.3 Å². The van der Waals surface area contributed by atoms with Gasteiger partial charge in [-0.2, -0.15) is 0 Å². The summed E-state index contributed by atoms with van der Waals surface area (Å²) in [6.07, 6.45) is 0.594. The molecular weight excluding hydrogens is 483 g/mol. The maximum Gasteiger partial charge on any atom is 0.295 e. The average molecular weight is 515 g/mol. The van der Waals surface area contributed by atoms with Crippen molar-refractivity contribution in [3.63, 3.8) is 0 Å². The van der Waals surface area contributed by atoms with Crippen molar-refractivity contribution >= 4 is 17.4 Å². The number of aliphatic hydroxyl groups excluding tert-OH is 1. The Balaban J connectivity index is 1.73. The molecule has 0 aliphatic carbocycles. The van der Waals surface area contributed by atoms with E-state index in [-0.39, 0.29) is 34.9 Å². The van der Waals surface area contributed by atoms with Crippen molar-refractivity contribution in [2.75, 3.05) is 53.1 Å². The standard InChI is InChI=1S/C27H31FN2O7/c1-3-37-22-16-17(5-7-20(22)31)24-23(25(32)18-6-8-21(35-2)19(28)15-18)26(33)27(34)30(24)10-4-9-29-11-13-36-14-12-29/h5-8,15-16,24,31-32H,3-4,9-14H2,1-2H3. The molecule has 2 saturated heterocycles. The van der Waals surface area contributed by atoms with Crippen LogP contribution < -0.4 is 9.47 Å². The Bertz CT molecular complexity index is 1190. The molecule has 198 valence electrons. The summed E-state index contributed by atoms with van der Waals surface area (Å²) in [6, 6.07) is 7.40. The van der Waals surface area contributed by atoms with Crippen molar-refractivity contribution < 1.29 is 38.4 Å². The zero-order chi connectivity index (χ0) is 26.5. The molecule has 2 N–H and O–H groups in total. The molecule has 0 bridgehead atoms. The Kier molecular flexibility index (Phi) is 8.30. The zero-order valence-corrected chi connectivity index (χ0v) is 20.9. The molecule has 37 heavy (non-hydrogen) atoms. The summed E-state index contributed by atoms with van der Waals surface area (Å²) in [4.78, 5) is 30.1. The zero-order valence-electron chi connectivity index (χ0n) is 20.9. The van der Waals surface area contributed by atoms with Gasteiger partial charge in [0.2, 0.25) is 0 Å². The lowest BCUT2D eigenvalue weighted by atomic mass is 9.95. The lowest BCUT2D eigenvalue weighted by molar-refractivity contribution is -0.140. The highest BCUT2D eigenvalue weighted by Gasteiger charge is 2.46. The number of aliphatic hydroxyl groups is 1. The van der Waals surface area contributed by atoms with Crippen LogP contribution in [0.2, 0.25) is 0 Å². The first kappa shape index (κ1) is 26.4. The quantitative estimate of drug-likeness (QED) is 0.299. The molecule has 0 aromatic heterocycles. The number of halogens is 1. The SMILES string of the molecule is CCOc1cc(C2C(=C(O)c3ccc(OC)c(F)c3)C(=O)C(=O)N2CCCN2CCOCC2)ccc1O. The number of ether oxygens (including phenoxy) is 3. The Hall–Kier alpha value is -3.63. The number of hydrogen-bond donors (Lipinski definition) is 2. The van der Waals surface area contributed by atoms with Gasteiger partial charge in [0.05, 0.1) is 38.5 Å². The van der Waals surface area contributed by atoms with Crippen molar-refractivity contribution in [2.45, 2.75) is 19.4 Å². The van der Waals surface area contributed by atoms with E-state index < -0.39 is 29.3 Å². The summed E-state index contributed by atoms with van der Waals surface area (Å²) in [5.74, 6) is -2.75. The molecule has 9 nitrogen and oxygen atoms in total. The van der Waals surface area contributed by atoms with Gasteiger partial charge >= 0.3 is 0 Å². The fourth-order valence-electron chi connectivity index (χ4n) is 4.69. The summed E-state index contributed by atoms with van der Waals surface area (Å²) < 4.78 is 30.2. The monoisotopic (exact) mass is 514 g/mol. The lowest BCUT2D eigenvalue weighted by Crippen LogP contribution is -2.38. The van der Waals surface area contributed by atoms with Gasteiger partial charge in [-0.1, -0.05) is 6.07 Å². The number of carbonyl (C=O) groups is 2. The van der Waals surface area contributed by atoms with Gasteiger partial charge in [0, 0.05) is 31.7 Å². The van der Waals surface area contributed by atoms with Crippen molar-refractivity contribution in [3.05, 3.63) is 58.9 Å². The number of nitrogens with zero attached hydrogens (tertiary/aromatic N) is 2. The van der Waals surface area contributed by atoms with Gasteiger partial charge in [0.1, 0.15) is 5.76 Å². The number of aromatic hydroxyl groups is 1. The molecule has 0 spiro atoms. The number of phenols is 1. The van der Waals surface area contributed by atoms with E-state index in [1.54, 1.807) is 19.1 Å². The molecule has 1 amide bonds. The number of hydrogen-bond acceptors (Lipinski definition) is 8. The number of rotatable bonds is 9. The predicted octanol–water partition coefficient (Wildman–Crippen LogP) is 3.08. The lowest BCUT2D eigenvalue weighted by Gasteiger charge is -2.29. The Morgan fingerprint density at radius 1 is 1.11 bits per heavy atom. The molecule has 2 aromatic rings. The number of phenolic OH excluding ortho intramolecular Hbond substituents is 1. The summed E-state index contributed by atoms with van der Waals surface area (Å²) in [7, 11) is 1.32. The second-order valence-corrected chi connectivity index (χ2v) is 8.81. The second-order valence-electron chi connectivity index (χ2n) is 8.81. The minimum Gasteiger partial charge on any atom is -0.507 e. The van der Waals surface area contributed by atoms with Gasteiger partial charge in [0.25, 0.3) is 11.7 Å². The van der Waals surface area contributed by atoms with E-state index in [0.29, 0.717) is 38.3 Å². The smallest absolute Gasteiger partial charge is 0.295 e. The number of ketones is 1. The van der Waals surface area contributed by atoms with Crippen LogP contribution in [-0.2, 0) is 14.3 Å². The molecule has 4 rings (SSSR count). The van der Waals surface area contributed by atoms with Gasteiger partial charge in [-0.15, -0.1) is 0 Å². The molecule has 2 aliphatic rings. The number of amides is 1. The summed E-state index contributed by atoms with van der Waals surface area (Å²) in [6.45, 7) is 5.91. The van der Waals surface area contributed by atoms with Crippen LogP contribution in [0.25, 0.3) is 5.76 Å². The van der Waals surface area contributed by atoms with E-state index in [1.807, 2.05) is 0 Å². The van der Waals surface area contributed by atoms with Gasteiger partial charge in [-0.3, -0.25) is 14.5 Å². The van der Waals surface area contributed by atoms with E-state index in [0.717, 1.165) is 19.2 Å². The normalized spacial score (nSPS) is 19.9. The van der Waals surface area contributed by atoms with Gasteiger partial charge in [0.15, 0.2) is 23.1 Å². The fraction of sp³-hybridized carbons (Fsp3) is 0.407. The minimum absolute atomic E-state index is 0.0171. The maximum atomic E-state index is 14.4. The van der Waals surface area contributed by atoms with Crippen molar-refractivity contribution in [1.29, 1.82) is 0 Å². The van der Waals surface area contributed by atoms with Gasteiger partial charge in [-0.25, -0.2) is 4.39 Å². The van der Waals surface area contributed by atoms with E-state index in [4.69, 9.17) is 14.2 Å². The first-order valence-electron chi connectivity index (χ1n) is 12.2. The number of Topliss-reactive ketones (excluding diaryl/α,β-unsaturated/α-hetero) is 1. The number of likely N-dealkylation sites (tertiary alicyclic amines) is 1. The van der Waals surface area contributed by atoms with Crippen LogP contribution in [0, 0.1) is 5.82 Å². The third-order valence-electron chi connectivity index (χ3n) is 6.54. The molecule has 0 saturated carbocycles. The van der Waals surface area contributed by atoms with Crippen LogP contribution in [-0.4, -0.2) is 84.8 Å². The van der Waals surface area contributed by atoms with Crippen molar-refractivity contribution in [1.82, 2.24) is 9.80 Å². The molecule has 10 heteroatoms. The summed E-state index contributed by atoms with van der Waals surface area (Å²) in [5.41, 5.74) is 0.356. The number of benzene rings is 2. The molecule has 1 unspecified atom stereocenters. The average Bonchev–Trinajstić information content (AvgIpc) is 3.15. The number of morpholine rings is 1. The van der Waals surface area contributed by atoms with Crippen LogP contribution >= 0.6 is 0 Å². The van der Waals surface area contributed by atoms with E-state index in [9.17, 15) is 24.2 Å². The van der Waals surface area contributed by atoms with Crippen LogP contribution in [0.15, 0.2) is 42.0 Å². The Labute approximate surface area is 214 Å². The highest BCUT2D eigenvalue weighted by atomic mass is 19.1. The molecule has 0 radical (unpaired) electrons. The van der Waals surface area contributed by atoms with Crippen molar-refractivity contribution in [2.24, 2.45) is 0 Å². The van der Waals surface area contributed by atoms with Crippen molar-refractivity contribution in [3.8, 4) is 17.2 Å². The minimum atomic E-state index is -0.949. The third-order valence-corrected chi connectivity index (χ3v) is 6.54. The van der Waals surface area contributed by atoms with Crippen LogP contribution in [0.4, 0.5) is 4.39 Å². The van der Waals surface area contributed by atoms with Crippen LogP contribution in [0.5, 0.6) is 17.2 Å². The maximum absolute atomic E-state index is 14.4. The molecule has 1 atom stereocenters. The van der Waals surface area contributed by atoms with E-state index in [1.165, 1.54) is 30.2 Å². The number of methoxy groups -OCH3 is 1. The van der Waals surface area contributed by atoms with Gasteiger partial charge in [-0.05, 0) is 49.2 Å². The van der Waals surface area contributed by atoms with Crippen LogP contribution in [0.3, 0.4) is 0 Å². The molecule has 2 aliphatic heterocycles. The highest BCUT2D eigenvalue weighted by molar-refractivity contribution is 6.46. The summed E-state index contributed by atoms with van der Waals surface area (Å²) in [5, 5.41) is 21.4. The predicted molar refractivity (Wildman–Crippen MR) is 133 cm³/mol. The summed E-state index contributed by atoms with van der Waals surface area (Å²) >= 11 is 0. The Morgan fingerprint density at radius 3 is 2.54 bits per heavy atom. The first-order valence-corrected chi connectivity index (χ1v) is 12.2. The number of carbonyl (C=O) groups excluding carboxylic acids is 2.